The molecular formula is C48H53Cl. The van der Waals surface area contributed by atoms with Gasteiger partial charge in [0, 0.05) is 21.8 Å². The van der Waals surface area contributed by atoms with Crippen molar-refractivity contribution in [2.75, 3.05) is 0 Å². The fourth-order valence-electron chi connectivity index (χ4n) is 9.43. The van der Waals surface area contributed by atoms with Crippen LogP contribution in [-0.2, 0) is 10.8 Å². The number of halogens is 1. The third-order valence-corrected chi connectivity index (χ3v) is 12.4. The Labute approximate surface area is 300 Å². The molecule has 3 aliphatic rings. The molecule has 1 heteroatoms. The number of benzene rings is 4. The van der Waals surface area contributed by atoms with Crippen molar-refractivity contribution in [2.45, 2.75) is 116 Å². The van der Waals surface area contributed by atoms with E-state index >= 15 is 0 Å². The van der Waals surface area contributed by atoms with E-state index in [1.165, 1.54) is 104 Å². The van der Waals surface area contributed by atoms with Crippen molar-refractivity contribution in [1.29, 1.82) is 0 Å². The molecule has 0 aliphatic heterocycles. The molecule has 0 nitrogen and oxygen atoms in total. The van der Waals surface area contributed by atoms with Gasteiger partial charge in [0.25, 0.3) is 0 Å². The second-order valence-electron chi connectivity index (χ2n) is 15.7. The Morgan fingerprint density at radius 3 is 2.10 bits per heavy atom. The minimum atomic E-state index is -0.0682. The molecule has 0 bridgehead atoms. The van der Waals surface area contributed by atoms with Crippen molar-refractivity contribution in [1.82, 2.24) is 0 Å². The van der Waals surface area contributed by atoms with Gasteiger partial charge in [0.05, 0.1) is 0 Å². The monoisotopic (exact) mass is 664 g/mol. The van der Waals surface area contributed by atoms with Crippen LogP contribution < -0.4 is 0 Å². The van der Waals surface area contributed by atoms with Crippen molar-refractivity contribution in [3.63, 3.8) is 0 Å². The summed E-state index contributed by atoms with van der Waals surface area (Å²) in [4.78, 5) is 0. The molecule has 0 spiro atoms. The highest BCUT2D eigenvalue weighted by Gasteiger charge is 2.42. The maximum Gasteiger partial charge on any atom is 0.0469 e. The smallest absolute Gasteiger partial charge is 0.0469 e. The van der Waals surface area contributed by atoms with Gasteiger partial charge in [0.1, 0.15) is 0 Å². The lowest BCUT2D eigenvalue weighted by atomic mass is 9.78. The fraction of sp³-hybridized carbons (Fsp3) is 0.375. The molecular weight excluding hydrogens is 612 g/mol. The second-order valence-corrected chi connectivity index (χ2v) is 16.1. The van der Waals surface area contributed by atoms with Crippen molar-refractivity contribution in [2.24, 2.45) is 0 Å². The standard InChI is InChI=1S/C48H53Cl/c1-7-9-20-38-40-28-24-32-16-11-13-22-36(32)44(40)47(3,4)42(38)30-26-34-18-15-19-35(46(34)49)27-31-43-39(21-10-8-2)41-29-25-33-17-12-14-23-37(33)45(41)48(43,5)6/h11-14,16-17,22-31,38H,7-10,15,18-21H2,1-6H3/b31-27+,34-26+,42-30-. The van der Waals surface area contributed by atoms with Crippen LogP contribution in [0.1, 0.15) is 128 Å². The molecule has 7 rings (SSSR count). The fourth-order valence-corrected chi connectivity index (χ4v) is 9.75. The van der Waals surface area contributed by atoms with E-state index in [0.717, 1.165) is 30.7 Å². The maximum absolute atomic E-state index is 7.35. The number of fused-ring (bicyclic) bond motifs is 6. The van der Waals surface area contributed by atoms with Gasteiger partial charge in [-0.2, -0.15) is 0 Å². The zero-order valence-electron chi connectivity index (χ0n) is 30.6. The summed E-state index contributed by atoms with van der Waals surface area (Å²) in [5.41, 5.74) is 12.9. The predicted molar refractivity (Wildman–Crippen MR) is 215 cm³/mol. The van der Waals surface area contributed by atoms with E-state index in [2.05, 4.69) is 139 Å². The normalized spacial score (nSPS) is 21.6. The first kappa shape index (κ1) is 33.9. The zero-order chi connectivity index (χ0) is 34.3. The van der Waals surface area contributed by atoms with Crippen molar-refractivity contribution in [3.8, 4) is 0 Å². The molecule has 0 aromatic heterocycles. The highest BCUT2D eigenvalue weighted by molar-refractivity contribution is 6.32. The Morgan fingerprint density at radius 2 is 1.39 bits per heavy atom. The first-order chi connectivity index (χ1) is 23.7. The first-order valence-electron chi connectivity index (χ1n) is 18.9. The third kappa shape index (κ3) is 5.89. The van der Waals surface area contributed by atoms with Crippen LogP contribution in [0.25, 0.3) is 27.1 Å². The van der Waals surface area contributed by atoms with Crippen LogP contribution in [0.5, 0.6) is 0 Å². The average molecular weight is 665 g/mol. The number of allylic oxidation sites excluding steroid dienone is 10. The number of hydrogen-bond donors (Lipinski definition) is 0. The van der Waals surface area contributed by atoms with E-state index in [-0.39, 0.29) is 10.8 Å². The summed E-state index contributed by atoms with van der Waals surface area (Å²) in [6, 6.07) is 27.3. The van der Waals surface area contributed by atoms with Crippen LogP contribution in [0, 0.1) is 0 Å². The zero-order valence-corrected chi connectivity index (χ0v) is 31.3. The Balaban J connectivity index is 1.26. The predicted octanol–water partition coefficient (Wildman–Crippen LogP) is 14.6. The lowest BCUT2D eigenvalue weighted by molar-refractivity contribution is 0.581. The summed E-state index contributed by atoms with van der Waals surface area (Å²) >= 11 is 7.35. The van der Waals surface area contributed by atoms with Gasteiger partial charge >= 0.3 is 0 Å². The van der Waals surface area contributed by atoms with Gasteiger partial charge < -0.3 is 0 Å². The quantitative estimate of drug-likeness (QED) is 0.167. The van der Waals surface area contributed by atoms with Gasteiger partial charge in [-0.15, -0.1) is 0 Å². The van der Waals surface area contributed by atoms with Gasteiger partial charge in [-0.05, 0) is 105 Å². The van der Waals surface area contributed by atoms with Crippen LogP contribution in [0.3, 0.4) is 0 Å². The number of hydrogen-bond acceptors (Lipinski definition) is 0. The van der Waals surface area contributed by atoms with Gasteiger partial charge in [-0.3, -0.25) is 0 Å². The summed E-state index contributed by atoms with van der Waals surface area (Å²) in [6.45, 7) is 14.3. The minimum Gasteiger partial charge on any atom is -0.0837 e. The van der Waals surface area contributed by atoms with E-state index in [4.69, 9.17) is 11.6 Å². The molecule has 0 fully saturated rings. The topological polar surface area (TPSA) is 0 Å². The summed E-state index contributed by atoms with van der Waals surface area (Å²) in [5, 5.41) is 6.42. The Morgan fingerprint density at radius 1 is 0.714 bits per heavy atom. The van der Waals surface area contributed by atoms with E-state index in [1.54, 1.807) is 0 Å². The summed E-state index contributed by atoms with van der Waals surface area (Å²) in [7, 11) is 0. The molecule has 0 saturated heterocycles. The van der Waals surface area contributed by atoms with E-state index < -0.39 is 0 Å². The Bertz CT molecular complexity index is 2070. The highest BCUT2D eigenvalue weighted by Crippen LogP contribution is 2.55. The van der Waals surface area contributed by atoms with Crippen molar-refractivity contribution >= 4 is 38.7 Å². The highest BCUT2D eigenvalue weighted by atomic mass is 35.5. The van der Waals surface area contributed by atoms with E-state index in [0.29, 0.717) is 5.92 Å². The lowest BCUT2D eigenvalue weighted by Crippen LogP contribution is -2.17. The van der Waals surface area contributed by atoms with E-state index in [9.17, 15) is 0 Å². The van der Waals surface area contributed by atoms with Crippen LogP contribution >= 0.6 is 11.6 Å². The molecule has 0 heterocycles. The summed E-state index contributed by atoms with van der Waals surface area (Å²) < 4.78 is 0. The van der Waals surface area contributed by atoms with Crippen molar-refractivity contribution < 1.29 is 0 Å². The van der Waals surface area contributed by atoms with E-state index in [1.807, 2.05) is 0 Å². The summed E-state index contributed by atoms with van der Waals surface area (Å²) in [5.74, 6) is 0.452. The average Bonchev–Trinajstić information content (AvgIpc) is 3.46. The van der Waals surface area contributed by atoms with Crippen LogP contribution in [-0.4, -0.2) is 0 Å². The molecule has 1 unspecified atom stereocenters. The molecule has 252 valence electrons. The molecule has 49 heavy (non-hydrogen) atoms. The van der Waals surface area contributed by atoms with Crippen LogP contribution in [0.15, 0.2) is 124 Å². The molecule has 1 atom stereocenters. The maximum atomic E-state index is 7.35. The van der Waals surface area contributed by atoms with Gasteiger partial charge in [0.15, 0.2) is 0 Å². The molecule has 0 amide bonds. The molecule has 0 radical (unpaired) electrons. The molecule has 4 aromatic carbocycles. The molecule has 0 saturated carbocycles. The van der Waals surface area contributed by atoms with Crippen LogP contribution in [0.2, 0.25) is 0 Å². The second kappa shape index (κ2) is 13.6. The minimum absolute atomic E-state index is 0.0339. The third-order valence-electron chi connectivity index (χ3n) is 11.9. The summed E-state index contributed by atoms with van der Waals surface area (Å²) in [6.07, 6.45) is 20.0. The van der Waals surface area contributed by atoms with Gasteiger partial charge in [-0.1, -0.05) is 175 Å². The molecule has 0 N–H and O–H groups in total. The van der Waals surface area contributed by atoms with Gasteiger partial charge in [-0.25, -0.2) is 0 Å². The number of rotatable bonds is 9. The van der Waals surface area contributed by atoms with Crippen LogP contribution in [0.4, 0.5) is 0 Å². The largest absolute Gasteiger partial charge is 0.0837 e. The lowest BCUT2D eigenvalue weighted by Gasteiger charge is -2.26. The SMILES string of the molecule is CCCCC1=C(/C=C/C2=C(Cl)C(=C/C=C3/C(CCCC)c4ccc5ccccc5c4C3(C)C)/CCC2)C(C)(C)c2c1ccc1ccccc21. The molecule has 3 aliphatic carbocycles. The first-order valence-corrected chi connectivity index (χ1v) is 19.3. The Kier molecular flexibility index (Phi) is 9.40. The molecule has 4 aromatic rings. The Hall–Kier alpha value is -3.61. The number of unbranched alkanes of at least 4 members (excludes halogenated alkanes) is 2. The van der Waals surface area contributed by atoms with Gasteiger partial charge in [0.2, 0.25) is 0 Å². The van der Waals surface area contributed by atoms with Crippen molar-refractivity contribution in [3.05, 3.63) is 147 Å².